The lowest BCUT2D eigenvalue weighted by Crippen LogP contribution is -2.01. The second kappa shape index (κ2) is 8.36. The number of unbranched alkanes of at least 4 members (excludes halogenated alkanes) is 1. The molecule has 0 saturated carbocycles. The molecule has 156 valence electrons. The summed E-state index contributed by atoms with van der Waals surface area (Å²) in [5.41, 5.74) is 3.51. The molecule has 0 aliphatic rings. The van der Waals surface area contributed by atoms with E-state index in [1.807, 2.05) is 35.6 Å². The molecule has 0 N–H and O–H groups in total. The van der Waals surface area contributed by atoms with Crippen molar-refractivity contribution in [1.82, 2.24) is 19.6 Å². The second-order valence-electron chi connectivity index (χ2n) is 6.92. The van der Waals surface area contributed by atoms with E-state index in [0.717, 1.165) is 35.4 Å². The molecule has 2 aromatic carbocycles. The number of aromatic nitrogens is 4. The molecule has 0 amide bonds. The Balaban J connectivity index is 1.98. The third-order valence-electron chi connectivity index (χ3n) is 4.94. The molecule has 30 heavy (non-hydrogen) atoms. The van der Waals surface area contributed by atoms with Crippen LogP contribution in [0.15, 0.2) is 30.3 Å². The van der Waals surface area contributed by atoms with E-state index >= 15 is 0 Å². The molecule has 2 heterocycles. The van der Waals surface area contributed by atoms with Gasteiger partial charge in [0.1, 0.15) is 17.3 Å². The predicted octanol–water partition coefficient (Wildman–Crippen LogP) is 5.10. The number of hydrogen-bond acceptors (Lipinski definition) is 6. The molecule has 0 bridgehead atoms. The van der Waals surface area contributed by atoms with Crippen LogP contribution < -0.4 is 14.2 Å². The van der Waals surface area contributed by atoms with Gasteiger partial charge in [-0.15, -0.1) is 10.2 Å². The topological polar surface area (TPSA) is 70.8 Å². The highest BCUT2D eigenvalue weighted by Gasteiger charge is 2.20. The number of hydrogen-bond donors (Lipinski definition) is 0. The number of halogens is 1. The van der Waals surface area contributed by atoms with Gasteiger partial charge in [0.15, 0.2) is 16.9 Å². The van der Waals surface area contributed by atoms with Crippen molar-refractivity contribution in [3.63, 3.8) is 0 Å². The van der Waals surface area contributed by atoms with Crippen molar-refractivity contribution in [2.45, 2.75) is 26.7 Å². The first-order valence-corrected chi connectivity index (χ1v) is 10.1. The molecule has 4 aromatic rings. The number of nitrogens with zero attached hydrogens (tertiary/aromatic N) is 4. The van der Waals surface area contributed by atoms with Crippen LogP contribution in [0.2, 0.25) is 5.02 Å². The molecular formula is C22H23ClN4O3. The minimum atomic E-state index is 0.568. The van der Waals surface area contributed by atoms with Gasteiger partial charge in [0, 0.05) is 17.7 Å². The van der Waals surface area contributed by atoms with E-state index < -0.39 is 0 Å². The van der Waals surface area contributed by atoms with Gasteiger partial charge < -0.3 is 14.2 Å². The molecule has 0 aliphatic carbocycles. The molecule has 0 radical (unpaired) electrons. The third-order valence-corrected chi connectivity index (χ3v) is 5.27. The summed E-state index contributed by atoms with van der Waals surface area (Å²) in [5, 5.41) is 9.33. The van der Waals surface area contributed by atoms with Crippen molar-refractivity contribution >= 4 is 28.3 Å². The van der Waals surface area contributed by atoms with Crippen molar-refractivity contribution in [3.05, 3.63) is 41.0 Å². The highest BCUT2D eigenvalue weighted by atomic mass is 35.5. The van der Waals surface area contributed by atoms with Crippen LogP contribution >= 0.6 is 11.6 Å². The van der Waals surface area contributed by atoms with Gasteiger partial charge in [0.05, 0.1) is 37.1 Å². The average molecular weight is 427 g/mol. The Labute approximate surface area is 179 Å². The lowest BCUT2D eigenvalue weighted by Gasteiger charge is -2.12. The fourth-order valence-electron chi connectivity index (χ4n) is 3.36. The van der Waals surface area contributed by atoms with E-state index in [1.54, 1.807) is 20.3 Å². The third kappa shape index (κ3) is 3.50. The van der Waals surface area contributed by atoms with E-state index in [9.17, 15) is 0 Å². The molecule has 0 aliphatic heterocycles. The molecule has 0 atom stereocenters. The van der Waals surface area contributed by atoms with Gasteiger partial charge in [0.2, 0.25) is 0 Å². The van der Waals surface area contributed by atoms with Crippen LogP contribution in [-0.4, -0.2) is 40.4 Å². The summed E-state index contributed by atoms with van der Waals surface area (Å²) in [6.07, 6.45) is 2.06. The van der Waals surface area contributed by atoms with Crippen LogP contribution in [0.4, 0.5) is 0 Å². The van der Waals surface area contributed by atoms with E-state index in [2.05, 4.69) is 17.1 Å². The molecule has 7 nitrogen and oxygen atoms in total. The first-order valence-electron chi connectivity index (χ1n) is 9.77. The van der Waals surface area contributed by atoms with Gasteiger partial charge in [-0.1, -0.05) is 24.9 Å². The highest BCUT2D eigenvalue weighted by molar-refractivity contribution is 6.33. The zero-order valence-corrected chi connectivity index (χ0v) is 18.2. The van der Waals surface area contributed by atoms with E-state index in [-0.39, 0.29) is 0 Å². The minimum absolute atomic E-state index is 0.568. The lowest BCUT2D eigenvalue weighted by atomic mass is 10.2. The maximum Gasteiger partial charge on any atom is 0.183 e. The number of fused-ring (bicyclic) bond motifs is 3. The molecule has 0 saturated heterocycles. The Hall–Kier alpha value is -3.06. The Morgan fingerprint density at radius 3 is 2.60 bits per heavy atom. The quantitative estimate of drug-likeness (QED) is 0.383. The van der Waals surface area contributed by atoms with Crippen molar-refractivity contribution in [1.29, 1.82) is 0 Å². The van der Waals surface area contributed by atoms with Crippen LogP contribution in [0, 0.1) is 6.92 Å². The zero-order valence-electron chi connectivity index (χ0n) is 17.4. The smallest absolute Gasteiger partial charge is 0.183 e. The summed E-state index contributed by atoms with van der Waals surface area (Å²) >= 11 is 6.58. The maximum atomic E-state index is 6.58. The van der Waals surface area contributed by atoms with E-state index in [1.165, 1.54) is 0 Å². The fraction of sp³-hybridized carbons (Fsp3) is 0.318. The van der Waals surface area contributed by atoms with E-state index in [4.69, 9.17) is 30.8 Å². The van der Waals surface area contributed by atoms with Crippen LogP contribution in [0.25, 0.3) is 28.1 Å². The number of imidazole rings is 1. The first-order chi connectivity index (χ1) is 14.6. The van der Waals surface area contributed by atoms with Crippen molar-refractivity contribution in [2.75, 3.05) is 20.8 Å². The largest absolute Gasteiger partial charge is 0.497 e. The zero-order chi connectivity index (χ0) is 21.3. The van der Waals surface area contributed by atoms with Crippen LogP contribution in [-0.2, 0) is 0 Å². The molecule has 4 rings (SSSR count). The highest BCUT2D eigenvalue weighted by Crippen LogP contribution is 2.36. The first kappa shape index (κ1) is 20.2. The summed E-state index contributed by atoms with van der Waals surface area (Å²) in [6.45, 7) is 4.68. The normalized spacial score (nSPS) is 11.2. The number of benzene rings is 2. The predicted molar refractivity (Wildman–Crippen MR) is 117 cm³/mol. The molecular weight excluding hydrogens is 404 g/mol. The number of aryl methyl sites for hydroxylation is 1. The van der Waals surface area contributed by atoms with E-state index in [0.29, 0.717) is 40.1 Å². The molecule has 0 spiro atoms. The Morgan fingerprint density at radius 2 is 1.87 bits per heavy atom. The molecule has 0 fully saturated rings. The Kier molecular flexibility index (Phi) is 5.63. The summed E-state index contributed by atoms with van der Waals surface area (Å²) in [6, 6.07) is 9.28. The van der Waals surface area contributed by atoms with Gasteiger partial charge in [-0.05, 0) is 31.5 Å². The van der Waals surface area contributed by atoms with Gasteiger partial charge >= 0.3 is 0 Å². The summed E-state index contributed by atoms with van der Waals surface area (Å²) in [5.74, 6) is 2.62. The molecule has 2 aromatic heterocycles. The fourth-order valence-corrected chi connectivity index (χ4v) is 3.56. The maximum absolute atomic E-state index is 6.58. The summed E-state index contributed by atoms with van der Waals surface area (Å²) in [4.78, 5) is 4.76. The van der Waals surface area contributed by atoms with Gasteiger partial charge in [0.25, 0.3) is 0 Å². The molecule has 8 heteroatoms. The molecule has 0 unspecified atom stereocenters. The van der Waals surface area contributed by atoms with Gasteiger partial charge in [-0.3, -0.25) is 4.40 Å². The van der Waals surface area contributed by atoms with Gasteiger partial charge in [-0.2, -0.15) is 0 Å². The van der Waals surface area contributed by atoms with Gasteiger partial charge in [-0.25, -0.2) is 4.98 Å². The van der Waals surface area contributed by atoms with Crippen molar-refractivity contribution < 1.29 is 14.2 Å². The van der Waals surface area contributed by atoms with Crippen LogP contribution in [0.5, 0.6) is 17.2 Å². The Bertz CT molecular complexity index is 1220. The number of ether oxygens (including phenoxy) is 3. The summed E-state index contributed by atoms with van der Waals surface area (Å²) < 4.78 is 18.8. The lowest BCUT2D eigenvalue weighted by molar-refractivity contribution is 0.309. The summed E-state index contributed by atoms with van der Waals surface area (Å²) in [7, 11) is 3.20. The monoisotopic (exact) mass is 426 g/mol. The van der Waals surface area contributed by atoms with Crippen LogP contribution in [0.1, 0.15) is 25.5 Å². The standard InChI is InChI=1S/C22H23ClN4O3/c1-5-6-9-30-14-7-8-17(23)16(10-14)22-24-13(2)21-26-25-20-18(27(21)22)11-15(28-3)12-19(20)29-4/h7-8,10-12H,5-6,9H2,1-4H3. The minimum Gasteiger partial charge on any atom is -0.497 e. The SMILES string of the molecule is CCCCOc1ccc(Cl)c(-c2nc(C)c3nnc4c(OC)cc(OC)cc4n23)c1. The second-order valence-corrected chi connectivity index (χ2v) is 7.33. The number of rotatable bonds is 7. The average Bonchev–Trinajstić information content (AvgIpc) is 3.11. The number of methoxy groups -OCH3 is 2. The van der Waals surface area contributed by atoms with Crippen molar-refractivity contribution in [3.8, 4) is 28.6 Å². The van der Waals surface area contributed by atoms with Crippen molar-refractivity contribution in [2.24, 2.45) is 0 Å². The Morgan fingerprint density at radius 1 is 1.03 bits per heavy atom. The van der Waals surface area contributed by atoms with Crippen LogP contribution in [0.3, 0.4) is 0 Å².